The first-order chi connectivity index (χ1) is 5.97. The molecule has 7 heteroatoms. The summed E-state index contributed by atoms with van der Waals surface area (Å²) < 4.78 is 9.54. The maximum atomic E-state index is 10.9. The average Bonchev–Trinajstić information content (AvgIpc) is 2.05. The summed E-state index contributed by atoms with van der Waals surface area (Å²) in [4.78, 5) is 10.9. The predicted molar refractivity (Wildman–Crippen MR) is 59.9 cm³/mol. The maximum Gasteiger partial charge on any atom is 0.411 e. The number of hydrogen-bond acceptors (Lipinski definition) is 4. The van der Waals surface area contributed by atoms with E-state index in [1.54, 1.807) is 7.11 Å². The Morgan fingerprint density at radius 2 is 2.23 bits per heavy atom. The van der Waals surface area contributed by atoms with Gasteiger partial charge in [-0.3, -0.25) is 5.09 Å². The molecular weight excluding hydrogens is 229 g/mol. The van der Waals surface area contributed by atoms with E-state index in [9.17, 15) is 4.79 Å². The number of hydrogen-bond donors (Lipinski definition) is 2. The van der Waals surface area contributed by atoms with Crippen LogP contribution in [-0.2, 0) is 21.3 Å². The molecule has 0 radical (unpaired) electrons. The summed E-state index contributed by atoms with van der Waals surface area (Å²) in [6.07, 6.45) is 0.148. The van der Waals surface area contributed by atoms with Crippen LogP contribution in [0.4, 0.5) is 4.79 Å². The Hall–Kier alpha value is 0.230. The van der Waals surface area contributed by atoms with Gasteiger partial charge < -0.3 is 9.47 Å². The number of carbonyl (C=O) groups excluding carboxylic acids is 1. The summed E-state index contributed by atoms with van der Waals surface area (Å²) in [5.74, 6) is -0.218. The third kappa shape index (κ3) is 4.31. The molecule has 2 atom stereocenters. The molecule has 78 valence electrons. The fourth-order valence-corrected chi connectivity index (χ4v) is 4.03. The molecule has 13 heavy (non-hydrogen) atoms. The van der Waals surface area contributed by atoms with Crippen LogP contribution < -0.4 is 5.09 Å². The highest BCUT2D eigenvalue weighted by Gasteiger charge is 2.25. The van der Waals surface area contributed by atoms with E-state index in [1.165, 1.54) is 7.11 Å². The van der Waals surface area contributed by atoms with Gasteiger partial charge in [-0.15, -0.1) is 12.2 Å². The lowest BCUT2D eigenvalue weighted by Crippen LogP contribution is -2.24. The Kier molecular flexibility index (Phi) is 5.96. The lowest BCUT2D eigenvalue weighted by atomic mass is 10.5. The van der Waals surface area contributed by atoms with Crippen LogP contribution in [0.3, 0.4) is 0 Å². The van der Waals surface area contributed by atoms with Crippen LogP contribution in [0.1, 0.15) is 13.3 Å². The second-order valence-electron chi connectivity index (χ2n) is 2.32. The van der Waals surface area contributed by atoms with Crippen molar-refractivity contribution in [2.45, 2.75) is 19.2 Å². The van der Waals surface area contributed by atoms with Crippen LogP contribution >= 0.6 is 17.6 Å². The zero-order valence-electron chi connectivity index (χ0n) is 7.81. The Morgan fingerprint density at radius 1 is 1.69 bits per heavy atom. The molecule has 0 aliphatic rings. The van der Waals surface area contributed by atoms with Gasteiger partial charge in [0.2, 0.25) is 0 Å². The molecule has 0 saturated heterocycles. The summed E-state index contributed by atoms with van der Waals surface area (Å²) in [5.41, 5.74) is 0. The minimum absolute atomic E-state index is 0.218. The number of carbonyl (C=O) groups is 1. The molecule has 1 amide bonds. The Morgan fingerprint density at radius 3 is 2.54 bits per heavy atom. The molecule has 0 aliphatic carbocycles. The second kappa shape index (κ2) is 5.86. The van der Waals surface area contributed by atoms with Gasteiger partial charge in [-0.1, -0.05) is 18.7 Å². The molecule has 1 N–H and O–H groups in total. The van der Waals surface area contributed by atoms with Gasteiger partial charge in [0.25, 0.3) is 0 Å². The fraction of sp³-hybridized carbons (Fsp3) is 0.833. The Bertz CT molecular complexity index is 220. The zero-order valence-corrected chi connectivity index (χ0v) is 10.4. The van der Waals surface area contributed by atoms with Gasteiger partial charge in [0, 0.05) is 7.11 Å². The van der Waals surface area contributed by atoms with Gasteiger partial charge in [0.05, 0.1) is 7.11 Å². The largest absolute Gasteiger partial charge is 0.453 e. The molecule has 0 fully saturated rings. The molecular formula is C6H14NO3PS2. The first-order valence-corrected chi connectivity index (χ1v) is 7.71. The zero-order chi connectivity index (χ0) is 10.5. The lowest BCUT2D eigenvalue weighted by Gasteiger charge is -2.24. The van der Waals surface area contributed by atoms with E-state index in [0.29, 0.717) is 6.42 Å². The smallest absolute Gasteiger partial charge is 0.411 e. The van der Waals surface area contributed by atoms with Gasteiger partial charge in [-0.2, -0.15) is 0 Å². The number of thiol groups is 1. The minimum Gasteiger partial charge on any atom is -0.453 e. The van der Waals surface area contributed by atoms with Crippen molar-refractivity contribution < 1.29 is 14.3 Å². The predicted octanol–water partition coefficient (Wildman–Crippen LogP) is 1.96. The van der Waals surface area contributed by atoms with Crippen molar-refractivity contribution in [3.05, 3.63) is 0 Å². The van der Waals surface area contributed by atoms with E-state index in [4.69, 9.17) is 16.5 Å². The van der Waals surface area contributed by atoms with Crippen LogP contribution in [0, 0.1) is 0 Å². The quantitative estimate of drug-likeness (QED) is 0.585. The molecule has 0 aromatic rings. The van der Waals surface area contributed by atoms with E-state index >= 15 is 0 Å². The lowest BCUT2D eigenvalue weighted by molar-refractivity contribution is 0.161. The molecule has 4 nitrogen and oxygen atoms in total. The monoisotopic (exact) mass is 243 g/mol. The van der Waals surface area contributed by atoms with Crippen LogP contribution in [0.5, 0.6) is 0 Å². The molecule has 0 heterocycles. The van der Waals surface area contributed by atoms with Crippen LogP contribution in [-0.4, -0.2) is 26.2 Å². The number of ether oxygens (including phenoxy) is 2. The molecule has 0 saturated carbocycles. The Labute approximate surface area is 88.6 Å². The normalized spacial score (nSPS) is 17.2. The highest BCUT2D eigenvalue weighted by atomic mass is 32.9. The van der Waals surface area contributed by atoms with Crippen LogP contribution in [0.25, 0.3) is 0 Å². The van der Waals surface area contributed by atoms with Crippen molar-refractivity contribution in [3.8, 4) is 0 Å². The summed E-state index contributed by atoms with van der Waals surface area (Å²) in [5, 5.41) is 0.218. The van der Waals surface area contributed by atoms with Crippen molar-refractivity contribution in [2.75, 3.05) is 14.2 Å². The van der Waals surface area contributed by atoms with Gasteiger partial charge in [0.1, 0.15) is 11.2 Å². The third-order valence-electron chi connectivity index (χ3n) is 1.45. The highest BCUT2D eigenvalue weighted by molar-refractivity contribution is 8.63. The van der Waals surface area contributed by atoms with Crippen molar-refractivity contribution >= 4 is 35.5 Å². The SMILES string of the molecule is CCC(OC)P(=S)(S)NC(=O)OC. The number of rotatable bonds is 4. The first kappa shape index (κ1) is 13.2. The standard InChI is InChI=1S/C6H14NO3PS2/c1-4-5(9-2)11(12,13)7-6(8)10-3/h5H,4H2,1-3H3,(H2,7,8,12,13). The van der Waals surface area contributed by atoms with Gasteiger partial charge in [-0.25, -0.2) is 4.79 Å². The molecule has 0 rings (SSSR count). The summed E-state index contributed by atoms with van der Waals surface area (Å²) >= 11 is 9.37. The van der Waals surface area contributed by atoms with E-state index in [-0.39, 0.29) is 5.85 Å². The summed E-state index contributed by atoms with van der Waals surface area (Å²) in [6.45, 7) is 1.92. The second-order valence-corrected chi connectivity index (χ2v) is 8.80. The van der Waals surface area contributed by atoms with E-state index in [0.717, 1.165) is 0 Å². The maximum absolute atomic E-state index is 10.9. The van der Waals surface area contributed by atoms with Gasteiger partial charge in [-0.05, 0) is 6.42 Å². The van der Waals surface area contributed by atoms with Crippen molar-refractivity contribution in [1.29, 1.82) is 0 Å². The number of amides is 1. The van der Waals surface area contributed by atoms with Crippen LogP contribution in [0.15, 0.2) is 0 Å². The third-order valence-corrected chi connectivity index (χ3v) is 5.36. The van der Waals surface area contributed by atoms with Gasteiger partial charge in [0.15, 0.2) is 0 Å². The molecule has 0 bridgehead atoms. The number of nitrogens with one attached hydrogen (secondary N) is 1. The van der Waals surface area contributed by atoms with Crippen molar-refractivity contribution in [1.82, 2.24) is 5.09 Å². The van der Waals surface area contributed by atoms with E-state index < -0.39 is 11.5 Å². The Balaban J connectivity index is 4.36. The van der Waals surface area contributed by atoms with E-state index in [1.807, 2.05) is 6.92 Å². The topological polar surface area (TPSA) is 47.6 Å². The van der Waals surface area contributed by atoms with E-state index in [2.05, 4.69) is 22.1 Å². The summed E-state index contributed by atoms with van der Waals surface area (Å²) in [7, 11) is 2.83. The van der Waals surface area contributed by atoms with Crippen molar-refractivity contribution in [3.63, 3.8) is 0 Å². The number of methoxy groups -OCH3 is 2. The molecule has 0 aliphatic heterocycles. The van der Waals surface area contributed by atoms with Crippen molar-refractivity contribution in [2.24, 2.45) is 0 Å². The average molecular weight is 243 g/mol. The molecule has 2 unspecified atom stereocenters. The minimum atomic E-state index is -2.29. The molecule has 0 aromatic heterocycles. The highest BCUT2D eigenvalue weighted by Crippen LogP contribution is 2.53. The first-order valence-electron chi connectivity index (χ1n) is 3.69. The molecule has 0 spiro atoms. The fourth-order valence-electron chi connectivity index (χ4n) is 0.805. The molecule has 0 aromatic carbocycles. The van der Waals surface area contributed by atoms with Gasteiger partial charge >= 0.3 is 6.09 Å². The van der Waals surface area contributed by atoms with Crippen LogP contribution in [0.2, 0.25) is 0 Å². The summed E-state index contributed by atoms with van der Waals surface area (Å²) in [6, 6.07) is 0.